The molecule has 2 rings (SSSR count). The van der Waals surface area contributed by atoms with Gasteiger partial charge in [0.15, 0.2) is 5.78 Å². The SMILES string of the molecule is CCOc1ccc(C(=O)c2cccc(I)c2Cl)cc1. The smallest absolute Gasteiger partial charge is 0.194 e. The molecule has 0 unspecified atom stereocenters. The molecule has 2 nitrogen and oxygen atoms in total. The van der Waals surface area contributed by atoms with Gasteiger partial charge in [0.05, 0.1) is 11.6 Å². The minimum absolute atomic E-state index is 0.0773. The molecule has 0 heterocycles. The molecular formula is C15H12ClIO2. The van der Waals surface area contributed by atoms with Crippen LogP contribution >= 0.6 is 34.2 Å². The number of carbonyl (C=O) groups is 1. The zero-order chi connectivity index (χ0) is 13.8. The van der Waals surface area contributed by atoms with Crippen molar-refractivity contribution in [1.82, 2.24) is 0 Å². The average molecular weight is 387 g/mol. The van der Waals surface area contributed by atoms with E-state index in [0.717, 1.165) is 9.32 Å². The Hall–Kier alpha value is -1.07. The minimum Gasteiger partial charge on any atom is -0.494 e. The van der Waals surface area contributed by atoms with E-state index in [1.54, 1.807) is 30.3 Å². The molecule has 0 aliphatic carbocycles. The highest BCUT2D eigenvalue weighted by Gasteiger charge is 2.14. The third-order valence-electron chi connectivity index (χ3n) is 2.62. The van der Waals surface area contributed by atoms with E-state index < -0.39 is 0 Å². The van der Waals surface area contributed by atoms with Gasteiger partial charge in [-0.2, -0.15) is 0 Å². The van der Waals surface area contributed by atoms with Gasteiger partial charge in [0.25, 0.3) is 0 Å². The Balaban J connectivity index is 2.31. The van der Waals surface area contributed by atoms with Crippen molar-refractivity contribution < 1.29 is 9.53 Å². The van der Waals surface area contributed by atoms with Gasteiger partial charge in [0, 0.05) is 14.7 Å². The van der Waals surface area contributed by atoms with Crippen molar-refractivity contribution in [1.29, 1.82) is 0 Å². The number of benzene rings is 2. The summed E-state index contributed by atoms with van der Waals surface area (Å²) >= 11 is 8.28. The second-order valence-electron chi connectivity index (χ2n) is 3.89. The lowest BCUT2D eigenvalue weighted by molar-refractivity contribution is 0.103. The Kier molecular flexibility index (Phi) is 4.82. The molecular weight excluding hydrogens is 375 g/mol. The first kappa shape index (κ1) is 14.3. The normalized spacial score (nSPS) is 10.3. The van der Waals surface area contributed by atoms with Crippen molar-refractivity contribution in [3.05, 3.63) is 62.2 Å². The minimum atomic E-state index is -0.0773. The third kappa shape index (κ3) is 3.28. The van der Waals surface area contributed by atoms with E-state index >= 15 is 0 Å². The van der Waals surface area contributed by atoms with Crippen molar-refractivity contribution in [2.45, 2.75) is 6.92 Å². The summed E-state index contributed by atoms with van der Waals surface area (Å²) in [6.45, 7) is 2.53. The summed E-state index contributed by atoms with van der Waals surface area (Å²) in [5.41, 5.74) is 1.13. The molecule has 0 spiro atoms. The van der Waals surface area contributed by atoms with Crippen molar-refractivity contribution in [3.8, 4) is 5.75 Å². The highest BCUT2D eigenvalue weighted by atomic mass is 127. The maximum absolute atomic E-state index is 12.4. The van der Waals surface area contributed by atoms with E-state index in [9.17, 15) is 4.79 Å². The van der Waals surface area contributed by atoms with Crippen LogP contribution in [0.5, 0.6) is 5.75 Å². The molecule has 0 fully saturated rings. The monoisotopic (exact) mass is 386 g/mol. The molecule has 0 atom stereocenters. The maximum atomic E-state index is 12.4. The molecule has 0 aromatic heterocycles. The standard InChI is InChI=1S/C15H12ClIO2/c1-2-19-11-8-6-10(7-9-11)15(18)12-4-3-5-13(17)14(12)16/h3-9H,2H2,1H3. The van der Waals surface area contributed by atoms with Crippen molar-refractivity contribution >= 4 is 40.0 Å². The average Bonchev–Trinajstić information content (AvgIpc) is 2.42. The van der Waals surface area contributed by atoms with E-state index in [0.29, 0.717) is 22.8 Å². The quantitative estimate of drug-likeness (QED) is 0.568. The van der Waals surface area contributed by atoms with Crippen LogP contribution in [0.3, 0.4) is 0 Å². The van der Waals surface area contributed by atoms with Crippen LogP contribution in [0, 0.1) is 3.57 Å². The fourth-order valence-electron chi connectivity index (χ4n) is 1.70. The molecule has 98 valence electrons. The van der Waals surface area contributed by atoms with Crippen LogP contribution in [0.15, 0.2) is 42.5 Å². The Labute approximate surface area is 130 Å². The van der Waals surface area contributed by atoms with E-state index in [1.165, 1.54) is 0 Å². The first-order valence-electron chi connectivity index (χ1n) is 5.85. The van der Waals surface area contributed by atoms with Gasteiger partial charge in [0.1, 0.15) is 5.75 Å². The number of ketones is 1. The van der Waals surface area contributed by atoms with Crippen LogP contribution in [0.4, 0.5) is 0 Å². The molecule has 0 N–H and O–H groups in total. The molecule has 0 saturated heterocycles. The van der Waals surface area contributed by atoms with Gasteiger partial charge in [-0.05, 0) is 65.9 Å². The summed E-state index contributed by atoms with van der Waals surface area (Å²) in [5, 5.41) is 0.502. The number of carbonyl (C=O) groups excluding carboxylic acids is 1. The Morgan fingerprint density at radius 2 is 1.89 bits per heavy atom. The van der Waals surface area contributed by atoms with Crippen molar-refractivity contribution in [2.75, 3.05) is 6.61 Å². The van der Waals surface area contributed by atoms with Crippen LogP contribution in [0.2, 0.25) is 5.02 Å². The van der Waals surface area contributed by atoms with Gasteiger partial charge in [-0.1, -0.05) is 17.7 Å². The Bertz CT molecular complexity index is 594. The van der Waals surface area contributed by atoms with Crippen LogP contribution in [-0.4, -0.2) is 12.4 Å². The molecule has 2 aromatic rings. The molecule has 2 aromatic carbocycles. The van der Waals surface area contributed by atoms with Crippen LogP contribution in [-0.2, 0) is 0 Å². The lowest BCUT2D eigenvalue weighted by Crippen LogP contribution is -2.03. The summed E-state index contributed by atoms with van der Waals surface area (Å²) in [4.78, 5) is 12.4. The van der Waals surface area contributed by atoms with Gasteiger partial charge in [-0.25, -0.2) is 0 Å². The summed E-state index contributed by atoms with van der Waals surface area (Å²) in [5.74, 6) is 0.680. The number of rotatable bonds is 4. The Morgan fingerprint density at radius 3 is 2.53 bits per heavy atom. The molecule has 0 aliphatic rings. The fraction of sp³-hybridized carbons (Fsp3) is 0.133. The summed E-state index contributed by atoms with van der Waals surface area (Å²) in [6, 6.07) is 12.5. The summed E-state index contributed by atoms with van der Waals surface area (Å²) in [7, 11) is 0. The van der Waals surface area contributed by atoms with Gasteiger partial charge in [0.2, 0.25) is 0 Å². The van der Waals surface area contributed by atoms with Gasteiger partial charge < -0.3 is 4.74 Å². The second kappa shape index (κ2) is 6.39. The van der Waals surface area contributed by atoms with Crippen molar-refractivity contribution in [3.63, 3.8) is 0 Å². The second-order valence-corrected chi connectivity index (χ2v) is 5.43. The van der Waals surface area contributed by atoms with Gasteiger partial charge >= 0.3 is 0 Å². The van der Waals surface area contributed by atoms with E-state index in [2.05, 4.69) is 22.6 Å². The lowest BCUT2D eigenvalue weighted by Gasteiger charge is -2.07. The molecule has 0 saturated carbocycles. The fourth-order valence-corrected chi connectivity index (χ4v) is 2.41. The molecule has 4 heteroatoms. The molecule has 19 heavy (non-hydrogen) atoms. The third-order valence-corrected chi connectivity index (χ3v) is 4.25. The molecule has 0 radical (unpaired) electrons. The summed E-state index contributed by atoms with van der Waals surface area (Å²) < 4.78 is 6.22. The van der Waals surface area contributed by atoms with Gasteiger partial charge in [-0.15, -0.1) is 0 Å². The van der Waals surface area contributed by atoms with E-state index in [-0.39, 0.29) is 5.78 Å². The molecule has 0 aliphatic heterocycles. The number of hydrogen-bond acceptors (Lipinski definition) is 2. The molecule has 0 bridgehead atoms. The number of hydrogen-bond donors (Lipinski definition) is 0. The van der Waals surface area contributed by atoms with E-state index in [1.807, 2.05) is 19.1 Å². The van der Waals surface area contributed by atoms with E-state index in [4.69, 9.17) is 16.3 Å². The first-order chi connectivity index (χ1) is 9.13. The van der Waals surface area contributed by atoms with Crippen LogP contribution in [0.25, 0.3) is 0 Å². The lowest BCUT2D eigenvalue weighted by atomic mass is 10.0. The maximum Gasteiger partial charge on any atom is 0.194 e. The highest BCUT2D eigenvalue weighted by molar-refractivity contribution is 14.1. The largest absolute Gasteiger partial charge is 0.494 e. The highest BCUT2D eigenvalue weighted by Crippen LogP contribution is 2.25. The predicted molar refractivity (Wildman–Crippen MR) is 85.2 cm³/mol. The predicted octanol–water partition coefficient (Wildman–Crippen LogP) is 4.57. The summed E-state index contributed by atoms with van der Waals surface area (Å²) in [6.07, 6.45) is 0. The van der Waals surface area contributed by atoms with Crippen LogP contribution in [0.1, 0.15) is 22.8 Å². The zero-order valence-corrected chi connectivity index (χ0v) is 13.2. The van der Waals surface area contributed by atoms with Gasteiger partial charge in [-0.3, -0.25) is 4.79 Å². The zero-order valence-electron chi connectivity index (χ0n) is 10.3. The number of halogens is 2. The topological polar surface area (TPSA) is 26.3 Å². The number of ether oxygens (including phenoxy) is 1. The van der Waals surface area contributed by atoms with Crippen molar-refractivity contribution in [2.24, 2.45) is 0 Å². The first-order valence-corrected chi connectivity index (χ1v) is 7.30. The Morgan fingerprint density at radius 1 is 1.21 bits per heavy atom. The molecule has 0 amide bonds. The van der Waals surface area contributed by atoms with Crippen LogP contribution < -0.4 is 4.74 Å².